The molecule has 5 heteroatoms. The van der Waals surface area contributed by atoms with Crippen molar-refractivity contribution in [2.24, 2.45) is 5.73 Å². The molecule has 1 aromatic heterocycles. The summed E-state index contributed by atoms with van der Waals surface area (Å²) in [6.07, 6.45) is 1.53. The molecule has 17 heavy (non-hydrogen) atoms. The van der Waals surface area contributed by atoms with Gasteiger partial charge in [-0.3, -0.25) is 0 Å². The third-order valence-electron chi connectivity index (χ3n) is 2.33. The second kappa shape index (κ2) is 4.97. The van der Waals surface area contributed by atoms with Crippen LogP contribution in [0.15, 0.2) is 35.0 Å². The Morgan fingerprint density at radius 1 is 1.47 bits per heavy atom. The summed E-state index contributed by atoms with van der Waals surface area (Å²) in [6.45, 7) is 1.95. The molecular formula is C12H13FN2O2. The summed E-state index contributed by atoms with van der Waals surface area (Å²) in [4.78, 5) is 0. The lowest BCUT2D eigenvalue weighted by molar-refractivity contribution is 0.248. The molecule has 0 aliphatic heterocycles. The quantitative estimate of drug-likeness (QED) is 0.885. The molecule has 2 aromatic rings. The average Bonchev–Trinajstić information content (AvgIpc) is 2.78. The van der Waals surface area contributed by atoms with Gasteiger partial charge in [0.1, 0.15) is 18.2 Å². The van der Waals surface area contributed by atoms with Crippen LogP contribution in [-0.2, 0) is 6.61 Å². The Hall–Kier alpha value is -1.88. The van der Waals surface area contributed by atoms with E-state index in [0.717, 1.165) is 0 Å². The van der Waals surface area contributed by atoms with Crippen molar-refractivity contribution >= 4 is 0 Å². The Labute approximate surface area is 98.2 Å². The fourth-order valence-electron chi connectivity index (χ4n) is 1.44. The van der Waals surface area contributed by atoms with Crippen LogP contribution >= 0.6 is 0 Å². The number of ether oxygens (including phenoxy) is 1. The Bertz CT molecular complexity index is 483. The van der Waals surface area contributed by atoms with Gasteiger partial charge in [-0.15, -0.1) is 0 Å². The fourth-order valence-corrected chi connectivity index (χ4v) is 1.44. The lowest BCUT2D eigenvalue weighted by Gasteiger charge is -2.09. The summed E-state index contributed by atoms with van der Waals surface area (Å²) in [5.41, 5.74) is 6.08. The van der Waals surface area contributed by atoms with E-state index in [2.05, 4.69) is 5.16 Å². The normalized spacial score (nSPS) is 12.4. The molecule has 90 valence electrons. The van der Waals surface area contributed by atoms with E-state index < -0.39 is 0 Å². The first-order chi connectivity index (χ1) is 8.16. The highest BCUT2D eigenvalue weighted by molar-refractivity contribution is 5.30. The van der Waals surface area contributed by atoms with Crippen molar-refractivity contribution in [3.8, 4) is 5.75 Å². The molecule has 4 nitrogen and oxygen atoms in total. The van der Waals surface area contributed by atoms with Gasteiger partial charge in [0.05, 0.1) is 6.20 Å². The van der Waals surface area contributed by atoms with E-state index in [0.29, 0.717) is 17.1 Å². The van der Waals surface area contributed by atoms with E-state index in [1.165, 1.54) is 12.3 Å². The van der Waals surface area contributed by atoms with E-state index in [4.69, 9.17) is 15.0 Å². The number of rotatable bonds is 4. The van der Waals surface area contributed by atoms with Crippen LogP contribution in [-0.4, -0.2) is 5.16 Å². The smallest absolute Gasteiger partial charge is 0.174 e. The van der Waals surface area contributed by atoms with Crippen LogP contribution in [0.1, 0.15) is 24.3 Å². The van der Waals surface area contributed by atoms with Gasteiger partial charge < -0.3 is 15.0 Å². The third-order valence-corrected chi connectivity index (χ3v) is 2.33. The minimum atomic E-state index is -0.366. The molecule has 2 N–H and O–H groups in total. The highest BCUT2D eigenvalue weighted by atomic mass is 19.1. The second-order valence-electron chi connectivity index (χ2n) is 3.74. The van der Waals surface area contributed by atoms with E-state index in [-0.39, 0.29) is 18.5 Å². The number of nitrogens with zero attached hydrogens (tertiary/aromatic N) is 1. The summed E-state index contributed by atoms with van der Waals surface area (Å²) in [5.74, 6) is 0.653. The number of benzene rings is 1. The molecule has 0 spiro atoms. The first-order valence-electron chi connectivity index (χ1n) is 5.24. The van der Waals surface area contributed by atoms with Crippen LogP contribution in [0.3, 0.4) is 0 Å². The van der Waals surface area contributed by atoms with Crippen LogP contribution in [0.5, 0.6) is 5.75 Å². The van der Waals surface area contributed by atoms with Crippen molar-refractivity contribution in [3.05, 3.63) is 47.6 Å². The van der Waals surface area contributed by atoms with Gasteiger partial charge in [0, 0.05) is 23.7 Å². The van der Waals surface area contributed by atoms with Gasteiger partial charge >= 0.3 is 0 Å². The van der Waals surface area contributed by atoms with E-state index in [1.54, 1.807) is 25.1 Å². The molecule has 0 bridgehead atoms. The van der Waals surface area contributed by atoms with Crippen LogP contribution < -0.4 is 10.5 Å². The van der Waals surface area contributed by atoms with E-state index in [9.17, 15) is 4.39 Å². The van der Waals surface area contributed by atoms with E-state index in [1.807, 2.05) is 0 Å². The number of hydrogen-bond acceptors (Lipinski definition) is 4. The first kappa shape index (κ1) is 11.6. The Morgan fingerprint density at radius 3 is 2.88 bits per heavy atom. The van der Waals surface area contributed by atoms with Crippen molar-refractivity contribution in [1.29, 1.82) is 0 Å². The van der Waals surface area contributed by atoms with Gasteiger partial charge in [0.25, 0.3) is 0 Å². The largest absolute Gasteiger partial charge is 0.485 e. The van der Waals surface area contributed by atoms with Gasteiger partial charge in [0.15, 0.2) is 5.76 Å². The molecule has 0 aliphatic carbocycles. The monoisotopic (exact) mass is 236 g/mol. The molecule has 0 fully saturated rings. The van der Waals surface area contributed by atoms with Gasteiger partial charge in [-0.05, 0) is 13.0 Å². The van der Waals surface area contributed by atoms with Crippen LogP contribution in [0.25, 0.3) is 0 Å². The van der Waals surface area contributed by atoms with Crippen LogP contribution in [0, 0.1) is 5.82 Å². The van der Waals surface area contributed by atoms with Gasteiger partial charge in [0.2, 0.25) is 0 Å². The Balaban J connectivity index is 2.05. The molecule has 1 heterocycles. The van der Waals surface area contributed by atoms with Crippen LogP contribution in [0.4, 0.5) is 4.39 Å². The molecule has 1 unspecified atom stereocenters. The third kappa shape index (κ3) is 2.82. The molecule has 0 aliphatic rings. The SMILES string of the molecule is CC(N)c1ccc(OCc2ccno2)cc1F. The lowest BCUT2D eigenvalue weighted by Crippen LogP contribution is -2.07. The second-order valence-corrected chi connectivity index (χ2v) is 3.74. The molecule has 1 aromatic carbocycles. The molecule has 0 saturated heterocycles. The van der Waals surface area contributed by atoms with Crippen molar-refractivity contribution in [2.45, 2.75) is 19.6 Å². The Morgan fingerprint density at radius 2 is 2.29 bits per heavy atom. The van der Waals surface area contributed by atoms with Crippen molar-refractivity contribution in [2.75, 3.05) is 0 Å². The van der Waals surface area contributed by atoms with Crippen LogP contribution in [0.2, 0.25) is 0 Å². The standard InChI is InChI=1S/C12H13FN2O2/c1-8(14)11-3-2-9(6-12(11)13)16-7-10-4-5-15-17-10/h2-6,8H,7,14H2,1H3. The Kier molecular flexibility index (Phi) is 3.39. The molecular weight excluding hydrogens is 223 g/mol. The average molecular weight is 236 g/mol. The van der Waals surface area contributed by atoms with Crippen molar-refractivity contribution in [1.82, 2.24) is 5.16 Å². The van der Waals surface area contributed by atoms with Crippen molar-refractivity contribution < 1.29 is 13.7 Å². The highest BCUT2D eigenvalue weighted by Gasteiger charge is 2.08. The summed E-state index contributed by atoms with van der Waals surface area (Å²) in [7, 11) is 0. The maximum Gasteiger partial charge on any atom is 0.174 e. The zero-order valence-corrected chi connectivity index (χ0v) is 9.39. The van der Waals surface area contributed by atoms with E-state index >= 15 is 0 Å². The van der Waals surface area contributed by atoms with Gasteiger partial charge in [-0.25, -0.2) is 4.39 Å². The first-order valence-corrected chi connectivity index (χ1v) is 5.24. The molecule has 1 atom stereocenters. The minimum Gasteiger partial charge on any atom is -0.485 e. The molecule has 0 saturated carbocycles. The topological polar surface area (TPSA) is 61.3 Å². The lowest BCUT2D eigenvalue weighted by atomic mass is 10.1. The highest BCUT2D eigenvalue weighted by Crippen LogP contribution is 2.21. The summed E-state index contributed by atoms with van der Waals surface area (Å²) < 4.78 is 23.8. The number of nitrogens with two attached hydrogens (primary N) is 1. The predicted molar refractivity (Wildman–Crippen MR) is 59.8 cm³/mol. The zero-order valence-electron chi connectivity index (χ0n) is 9.39. The molecule has 0 radical (unpaired) electrons. The zero-order chi connectivity index (χ0) is 12.3. The summed E-state index contributed by atoms with van der Waals surface area (Å²) in [6, 6.07) is 5.97. The summed E-state index contributed by atoms with van der Waals surface area (Å²) >= 11 is 0. The summed E-state index contributed by atoms with van der Waals surface area (Å²) in [5, 5.41) is 3.54. The maximum absolute atomic E-state index is 13.6. The van der Waals surface area contributed by atoms with Gasteiger partial charge in [-0.1, -0.05) is 11.2 Å². The predicted octanol–water partition coefficient (Wildman–Crippen LogP) is 2.41. The molecule has 0 amide bonds. The number of aromatic nitrogens is 1. The maximum atomic E-state index is 13.6. The number of hydrogen-bond donors (Lipinski definition) is 1. The fraction of sp³-hybridized carbons (Fsp3) is 0.250. The van der Waals surface area contributed by atoms with Crippen molar-refractivity contribution in [3.63, 3.8) is 0 Å². The minimum absolute atomic E-state index is 0.219. The van der Waals surface area contributed by atoms with Gasteiger partial charge in [-0.2, -0.15) is 0 Å². The molecule has 2 rings (SSSR count). The number of halogens is 1.